The molecule has 0 bridgehead atoms. The Kier molecular flexibility index (Phi) is 6.25. The first-order chi connectivity index (χ1) is 11.8. The Hall–Kier alpha value is -1.31. The summed E-state index contributed by atoms with van der Waals surface area (Å²) in [5, 5.41) is 4.58. The fourth-order valence-corrected chi connectivity index (χ4v) is 3.21. The number of aromatic nitrogens is 2. The first-order valence-electron chi connectivity index (χ1n) is 9.87. The molecule has 26 heavy (non-hydrogen) atoms. The molecule has 0 aromatic carbocycles. The highest BCUT2D eigenvalue weighted by atomic mass is 15.3. The molecule has 1 aromatic rings. The van der Waals surface area contributed by atoms with Gasteiger partial charge in [-0.1, -0.05) is 11.8 Å². The van der Waals surface area contributed by atoms with Crippen molar-refractivity contribution in [3.63, 3.8) is 0 Å². The fraction of sp³-hybridized carbons (Fsp3) is 0.773. The van der Waals surface area contributed by atoms with Crippen LogP contribution in [-0.2, 0) is 13.1 Å². The number of hydrogen-bond donors (Lipinski definition) is 0. The zero-order valence-corrected chi connectivity index (χ0v) is 18.2. The summed E-state index contributed by atoms with van der Waals surface area (Å²) in [5.41, 5.74) is 1.54. The molecule has 0 aliphatic carbocycles. The first-order valence-corrected chi connectivity index (χ1v) is 9.87. The smallest absolute Gasteiger partial charge is 0.0569 e. The van der Waals surface area contributed by atoms with Crippen molar-refractivity contribution in [2.75, 3.05) is 26.2 Å². The third-order valence-corrected chi connectivity index (χ3v) is 4.75. The van der Waals surface area contributed by atoms with Crippen LogP contribution in [0.4, 0.5) is 0 Å². The molecule has 2 rings (SSSR count). The lowest BCUT2D eigenvalue weighted by Crippen LogP contribution is -2.53. The molecule has 1 saturated heterocycles. The number of rotatable bonds is 4. The lowest BCUT2D eigenvalue weighted by Gasteiger charge is -2.42. The second-order valence-electron chi connectivity index (χ2n) is 10.4. The van der Waals surface area contributed by atoms with Crippen LogP contribution in [-0.4, -0.2) is 51.3 Å². The van der Waals surface area contributed by atoms with E-state index in [2.05, 4.69) is 93.0 Å². The second-order valence-corrected chi connectivity index (χ2v) is 10.4. The molecule has 0 amide bonds. The average Bonchev–Trinajstić information content (AvgIpc) is 2.91. The normalized spacial score (nSPS) is 17.8. The van der Waals surface area contributed by atoms with Gasteiger partial charge in [-0.2, -0.15) is 5.10 Å². The summed E-state index contributed by atoms with van der Waals surface area (Å²) in [6, 6.07) is 0. The van der Waals surface area contributed by atoms with Gasteiger partial charge in [0.2, 0.25) is 0 Å². The van der Waals surface area contributed by atoms with Gasteiger partial charge in [-0.05, 0) is 55.4 Å². The van der Waals surface area contributed by atoms with Crippen LogP contribution >= 0.6 is 0 Å². The van der Waals surface area contributed by atoms with Crippen molar-refractivity contribution in [1.82, 2.24) is 19.6 Å². The minimum absolute atomic E-state index is 0.0434. The highest BCUT2D eigenvalue weighted by molar-refractivity contribution is 5.14. The Morgan fingerprint density at radius 2 is 1.54 bits per heavy atom. The van der Waals surface area contributed by atoms with E-state index in [4.69, 9.17) is 0 Å². The van der Waals surface area contributed by atoms with Gasteiger partial charge in [-0.3, -0.25) is 14.5 Å². The van der Waals surface area contributed by atoms with Crippen molar-refractivity contribution in [2.24, 2.45) is 10.8 Å². The summed E-state index contributed by atoms with van der Waals surface area (Å²) < 4.78 is 2.05. The van der Waals surface area contributed by atoms with Gasteiger partial charge in [-0.15, -0.1) is 0 Å². The lowest BCUT2D eigenvalue weighted by molar-refractivity contribution is 0.0591. The maximum Gasteiger partial charge on any atom is 0.0569 e. The van der Waals surface area contributed by atoms with Crippen molar-refractivity contribution in [3.8, 4) is 11.8 Å². The van der Waals surface area contributed by atoms with Gasteiger partial charge in [0.15, 0.2) is 0 Å². The molecule has 0 spiro atoms. The minimum atomic E-state index is -0.0745. The summed E-state index contributed by atoms with van der Waals surface area (Å²) in [4.78, 5) is 5.11. The summed E-state index contributed by atoms with van der Waals surface area (Å²) in [7, 11) is 0. The first kappa shape index (κ1) is 21.0. The van der Waals surface area contributed by atoms with E-state index < -0.39 is 0 Å². The van der Waals surface area contributed by atoms with Crippen molar-refractivity contribution in [3.05, 3.63) is 18.0 Å². The van der Waals surface area contributed by atoms with Crippen LogP contribution in [0.1, 0.15) is 61.0 Å². The van der Waals surface area contributed by atoms with Crippen molar-refractivity contribution in [1.29, 1.82) is 0 Å². The fourth-order valence-electron chi connectivity index (χ4n) is 3.21. The van der Waals surface area contributed by atoms with E-state index in [0.29, 0.717) is 0 Å². The van der Waals surface area contributed by atoms with E-state index in [1.54, 1.807) is 0 Å². The van der Waals surface area contributed by atoms with E-state index >= 15 is 0 Å². The molecular weight excluding hydrogens is 320 g/mol. The Bertz CT molecular complexity index is 638. The zero-order valence-electron chi connectivity index (χ0n) is 18.2. The predicted molar refractivity (Wildman–Crippen MR) is 110 cm³/mol. The monoisotopic (exact) mass is 358 g/mol. The SMILES string of the molecule is CC(C)(C)C#CC(C)(C)Cn1cc(CN2CCN(C(C)(C)C)CC2)cn1. The van der Waals surface area contributed by atoms with Gasteiger partial charge in [0.05, 0.1) is 12.7 Å². The number of piperazine rings is 1. The quantitative estimate of drug-likeness (QED) is 0.764. The third-order valence-electron chi connectivity index (χ3n) is 4.75. The second kappa shape index (κ2) is 7.74. The maximum absolute atomic E-state index is 4.58. The lowest BCUT2D eigenvalue weighted by atomic mass is 9.90. The van der Waals surface area contributed by atoms with Crippen molar-refractivity contribution < 1.29 is 0 Å². The van der Waals surface area contributed by atoms with Crippen LogP contribution in [0.3, 0.4) is 0 Å². The molecule has 0 atom stereocenters. The summed E-state index contributed by atoms with van der Waals surface area (Å²) in [6.07, 6.45) is 4.21. The van der Waals surface area contributed by atoms with Crippen LogP contribution in [0.15, 0.2) is 12.4 Å². The number of nitrogens with zero attached hydrogens (tertiary/aromatic N) is 4. The molecular formula is C22H38N4. The molecule has 146 valence electrons. The number of hydrogen-bond acceptors (Lipinski definition) is 3. The third kappa shape index (κ3) is 6.78. The molecule has 1 fully saturated rings. The predicted octanol–water partition coefficient (Wildman–Crippen LogP) is 3.87. The molecule has 2 heterocycles. The maximum atomic E-state index is 4.58. The Labute approximate surface area is 160 Å². The molecule has 1 aliphatic rings. The van der Waals surface area contributed by atoms with Crippen LogP contribution < -0.4 is 0 Å². The highest BCUT2D eigenvalue weighted by Crippen LogP contribution is 2.20. The largest absolute Gasteiger partial charge is 0.296 e. The van der Waals surface area contributed by atoms with Gasteiger partial charge in [-0.25, -0.2) is 0 Å². The minimum Gasteiger partial charge on any atom is -0.296 e. The summed E-state index contributed by atoms with van der Waals surface area (Å²) in [5.74, 6) is 6.80. The molecule has 1 aliphatic heterocycles. The van der Waals surface area contributed by atoms with Gasteiger partial charge >= 0.3 is 0 Å². The molecule has 0 unspecified atom stereocenters. The molecule has 0 radical (unpaired) electrons. The van der Waals surface area contributed by atoms with Crippen LogP contribution in [0.5, 0.6) is 0 Å². The van der Waals surface area contributed by atoms with Gasteiger partial charge in [0.25, 0.3) is 0 Å². The average molecular weight is 359 g/mol. The highest BCUT2D eigenvalue weighted by Gasteiger charge is 2.26. The van der Waals surface area contributed by atoms with Crippen LogP contribution in [0.25, 0.3) is 0 Å². The molecule has 0 N–H and O–H groups in total. The molecule has 0 saturated carbocycles. The van der Waals surface area contributed by atoms with E-state index in [1.807, 2.05) is 6.20 Å². The van der Waals surface area contributed by atoms with Gasteiger partial charge in [0.1, 0.15) is 0 Å². The Balaban J connectivity index is 1.89. The molecule has 1 aromatic heterocycles. The standard InChI is InChI=1S/C22H38N4/c1-20(2,3)9-10-22(7,8)18-26-17-19(15-23-26)16-24-11-13-25(14-12-24)21(4,5)6/h15,17H,11-14,16,18H2,1-8H3. The van der Waals surface area contributed by atoms with Gasteiger partial charge < -0.3 is 0 Å². The van der Waals surface area contributed by atoms with Crippen LogP contribution in [0, 0.1) is 22.7 Å². The van der Waals surface area contributed by atoms with E-state index in [9.17, 15) is 0 Å². The van der Waals surface area contributed by atoms with E-state index in [0.717, 1.165) is 39.3 Å². The van der Waals surface area contributed by atoms with Gasteiger partial charge in [0, 0.05) is 60.9 Å². The molecule has 4 heteroatoms. The van der Waals surface area contributed by atoms with Crippen LogP contribution in [0.2, 0.25) is 0 Å². The van der Waals surface area contributed by atoms with Crippen molar-refractivity contribution in [2.45, 2.75) is 74.0 Å². The van der Waals surface area contributed by atoms with Crippen molar-refractivity contribution >= 4 is 0 Å². The molecule has 4 nitrogen and oxygen atoms in total. The Morgan fingerprint density at radius 1 is 0.923 bits per heavy atom. The van der Waals surface area contributed by atoms with E-state index in [-0.39, 0.29) is 16.4 Å². The zero-order chi connectivity index (χ0) is 19.6. The Morgan fingerprint density at radius 3 is 2.08 bits per heavy atom. The van der Waals surface area contributed by atoms with E-state index in [1.165, 1.54) is 5.56 Å². The topological polar surface area (TPSA) is 24.3 Å². The summed E-state index contributed by atoms with van der Waals surface area (Å²) >= 11 is 0. The summed E-state index contributed by atoms with van der Waals surface area (Å²) in [6.45, 7) is 24.1.